The molecule has 0 aromatic rings. The summed E-state index contributed by atoms with van der Waals surface area (Å²) in [5.41, 5.74) is 0. The first-order valence-electron chi connectivity index (χ1n) is 6.86. The molecule has 0 aliphatic heterocycles. The Hall–Kier alpha value is -1.24. The first-order valence-corrected chi connectivity index (χ1v) is 6.86. The molecule has 1 fully saturated rings. The summed E-state index contributed by atoms with van der Waals surface area (Å²) in [5, 5.41) is 11.8. The van der Waals surface area contributed by atoms with E-state index in [1.165, 1.54) is 0 Å². The number of rotatable bonds is 8. The quantitative estimate of drug-likeness (QED) is 0.667. The van der Waals surface area contributed by atoms with E-state index in [0.29, 0.717) is 13.0 Å². The van der Waals surface area contributed by atoms with Crippen molar-refractivity contribution in [1.29, 1.82) is 0 Å². The minimum Gasteiger partial charge on any atom is -0.481 e. The van der Waals surface area contributed by atoms with Gasteiger partial charge in [0.2, 0.25) is 5.91 Å². The number of aliphatic carboxylic acids is 1. The zero-order valence-corrected chi connectivity index (χ0v) is 11.3. The van der Waals surface area contributed by atoms with Crippen LogP contribution >= 0.6 is 0 Å². The molecule has 7 heteroatoms. The highest BCUT2D eigenvalue weighted by Gasteiger charge is 2.30. The summed E-state index contributed by atoms with van der Waals surface area (Å²) in [6, 6.07) is 0. The average molecular weight is 293 g/mol. The van der Waals surface area contributed by atoms with E-state index in [2.05, 4.69) is 10.1 Å². The maximum Gasteiger partial charge on any atom is 0.306 e. The lowest BCUT2D eigenvalue weighted by molar-refractivity contribution is -0.145. The van der Waals surface area contributed by atoms with Crippen LogP contribution in [0.25, 0.3) is 0 Å². The molecule has 0 saturated heterocycles. The Morgan fingerprint density at radius 3 is 2.65 bits per heavy atom. The minimum absolute atomic E-state index is 0.0111. The number of ether oxygens (including phenoxy) is 1. The molecule has 1 saturated carbocycles. The summed E-state index contributed by atoms with van der Waals surface area (Å²) in [7, 11) is 0. The normalized spacial score (nSPS) is 22.8. The predicted molar refractivity (Wildman–Crippen MR) is 67.5 cm³/mol. The smallest absolute Gasteiger partial charge is 0.306 e. The first kappa shape index (κ1) is 16.8. The van der Waals surface area contributed by atoms with Crippen molar-refractivity contribution in [3.8, 4) is 0 Å². The van der Waals surface area contributed by atoms with Gasteiger partial charge in [-0.05, 0) is 18.8 Å². The Morgan fingerprint density at radius 2 is 2.00 bits per heavy atom. The molecule has 2 N–H and O–H groups in total. The van der Waals surface area contributed by atoms with E-state index in [-0.39, 0.29) is 24.9 Å². The molecule has 116 valence electrons. The number of hydrogen-bond donors (Lipinski definition) is 2. The highest BCUT2D eigenvalue weighted by molar-refractivity contribution is 5.76. The Bertz CT molecular complexity index is 325. The maximum atomic E-state index is 11.8. The molecule has 0 aromatic carbocycles. The van der Waals surface area contributed by atoms with Gasteiger partial charge in [-0.1, -0.05) is 12.8 Å². The SMILES string of the molecule is O=C(CCOCC(F)F)NCC1CCCCC1C(=O)O. The predicted octanol–water partition coefficient (Wildman–Crippen LogP) is 1.67. The van der Waals surface area contributed by atoms with Gasteiger partial charge in [0, 0.05) is 13.0 Å². The lowest BCUT2D eigenvalue weighted by Gasteiger charge is -2.28. The van der Waals surface area contributed by atoms with E-state index in [0.717, 1.165) is 19.3 Å². The number of nitrogens with one attached hydrogen (secondary N) is 1. The number of carboxylic acid groups (broad SMARTS) is 1. The Labute approximate surface area is 116 Å². The summed E-state index contributed by atoms with van der Waals surface area (Å²) in [4.78, 5) is 22.6. The van der Waals surface area contributed by atoms with E-state index in [9.17, 15) is 18.4 Å². The van der Waals surface area contributed by atoms with Crippen molar-refractivity contribution < 1.29 is 28.2 Å². The zero-order chi connectivity index (χ0) is 15.0. The molecule has 2 unspecified atom stereocenters. The van der Waals surface area contributed by atoms with Crippen LogP contribution < -0.4 is 5.32 Å². The van der Waals surface area contributed by atoms with Crippen molar-refractivity contribution in [3.63, 3.8) is 0 Å². The maximum absolute atomic E-state index is 11.8. The highest BCUT2D eigenvalue weighted by Crippen LogP contribution is 2.29. The monoisotopic (exact) mass is 293 g/mol. The number of carbonyl (C=O) groups is 2. The van der Waals surface area contributed by atoms with Crippen LogP contribution in [0.1, 0.15) is 32.1 Å². The van der Waals surface area contributed by atoms with Crippen molar-refractivity contribution in [3.05, 3.63) is 0 Å². The number of hydrogen-bond acceptors (Lipinski definition) is 3. The molecule has 1 aliphatic carbocycles. The summed E-state index contributed by atoms with van der Waals surface area (Å²) in [5.74, 6) is -1.57. The van der Waals surface area contributed by atoms with E-state index >= 15 is 0 Å². The molecule has 1 aliphatic rings. The molecule has 5 nitrogen and oxygen atoms in total. The summed E-state index contributed by atoms with van der Waals surface area (Å²) in [6.07, 6.45) is 0.797. The van der Waals surface area contributed by atoms with Gasteiger partial charge in [0.05, 0.1) is 12.5 Å². The van der Waals surface area contributed by atoms with Gasteiger partial charge in [0.15, 0.2) is 0 Å². The number of alkyl halides is 2. The molecular formula is C13H21F2NO4. The molecule has 0 heterocycles. The van der Waals surface area contributed by atoms with Gasteiger partial charge in [-0.3, -0.25) is 9.59 Å². The van der Waals surface area contributed by atoms with Gasteiger partial charge in [-0.25, -0.2) is 8.78 Å². The molecule has 0 bridgehead atoms. The number of carbonyl (C=O) groups excluding carboxylic acids is 1. The van der Waals surface area contributed by atoms with Gasteiger partial charge in [-0.2, -0.15) is 0 Å². The number of carboxylic acids is 1. The lowest BCUT2D eigenvalue weighted by Crippen LogP contribution is -2.37. The molecule has 2 atom stereocenters. The fourth-order valence-electron chi connectivity index (χ4n) is 2.45. The Morgan fingerprint density at radius 1 is 1.30 bits per heavy atom. The van der Waals surface area contributed by atoms with Gasteiger partial charge in [-0.15, -0.1) is 0 Å². The van der Waals surface area contributed by atoms with Gasteiger partial charge >= 0.3 is 5.97 Å². The third-order valence-electron chi connectivity index (χ3n) is 3.50. The summed E-state index contributed by atoms with van der Waals surface area (Å²) in [6.45, 7) is -0.398. The molecular weight excluding hydrogens is 272 g/mol. The van der Waals surface area contributed by atoms with Crippen LogP contribution in [0.15, 0.2) is 0 Å². The van der Waals surface area contributed by atoms with Crippen LogP contribution in [0, 0.1) is 11.8 Å². The number of halogens is 2. The van der Waals surface area contributed by atoms with Crippen molar-refractivity contribution in [2.75, 3.05) is 19.8 Å². The van der Waals surface area contributed by atoms with Crippen molar-refractivity contribution in [1.82, 2.24) is 5.32 Å². The second-order valence-corrected chi connectivity index (χ2v) is 5.01. The Kier molecular flexibility index (Phi) is 7.43. The summed E-state index contributed by atoms with van der Waals surface area (Å²) < 4.78 is 28.2. The molecule has 0 aromatic heterocycles. The molecule has 0 radical (unpaired) electrons. The Balaban J connectivity index is 2.20. The van der Waals surface area contributed by atoms with Crippen LogP contribution in [0.2, 0.25) is 0 Å². The largest absolute Gasteiger partial charge is 0.481 e. The van der Waals surface area contributed by atoms with Crippen molar-refractivity contribution in [2.45, 2.75) is 38.5 Å². The van der Waals surface area contributed by atoms with Gasteiger partial charge in [0.1, 0.15) is 6.61 Å². The third kappa shape index (κ3) is 6.27. The standard InChI is InChI=1S/C13H21F2NO4/c14-11(15)8-20-6-5-12(17)16-7-9-3-1-2-4-10(9)13(18)19/h9-11H,1-8H2,(H,16,17)(H,18,19). The zero-order valence-electron chi connectivity index (χ0n) is 11.3. The minimum atomic E-state index is -2.53. The first-order chi connectivity index (χ1) is 9.50. The van der Waals surface area contributed by atoms with Crippen LogP contribution in [0.4, 0.5) is 8.78 Å². The van der Waals surface area contributed by atoms with Crippen LogP contribution in [-0.4, -0.2) is 43.2 Å². The molecule has 1 rings (SSSR count). The highest BCUT2D eigenvalue weighted by atomic mass is 19.3. The average Bonchev–Trinajstić information content (AvgIpc) is 2.41. The third-order valence-corrected chi connectivity index (χ3v) is 3.50. The fraction of sp³-hybridized carbons (Fsp3) is 0.846. The van der Waals surface area contributed by atoms with Crippen molar-refractivity contribution >= 4 is 11.9 Å². The van der Waals surface area contributed by atoms with Crippen LogP contribution in [0.5, 0.6) is 0 Å². The van der Waals surface area contributed by atoms with Crippen LogP contribution in [-0.2, 0) is 14.3 Å². The molecule has 1 amide bonds. The van der Waals surface area contributed by atoms with E-state index < -0.39 is 24.9 Å². The second kappa shape index (κ2) is 8.84. The summed E-state index contributed by atoms with van der Waals surface area (Å²) >= 11 is 0. The molecule has 20 heavy (non-hydrogen) atoms. The van der Waals surface area contributed by atoms with Gasteiger partial charge in [0.25, 0.3) is 6.43 Å². The van der Waals surface area contributed by atoms with Crippen molar-refractivity contribution in [2.24, 2.45) is 11.8 Å². The topological polar surface area (TPSA) is 75.6 Å². The number of amides is 1. The fourth-order valence-corrected chi connectivity index (χ4v) is 2.45. The van der Waals surface area contributed by atoms with E-state index in [4.69, 9.17) is 5.11 Å². The second-order valence-electron chi connectivity index (χ2n) is 5.01. The van der Waals surface area contributed by atoms with E-state index in [1.54, 1.807) is 0 Å². The van der Waals surface area contributed by atoms with Crippen LogP contribution in [0.3, 0.4) is 0 Å². The lowest BCUT2D eigenvalue weighted by atomic mass is 9.79. The van der Waals surface area contributed by atoms with Gasteiger partial charge < -0.3 is 15.2 Å². The molecule has 0 spiro atoms. The van der Waals surface area contributed by atoms with E-state index in [1.807, 2.05) is 0 Å².